The molecule has 1 aromatic heterocycles. The molecule has 2 rings (SSSR count). The maximum atomic E-state index is 13.1. The Morgan fingerprint density at radius 3 is 2.50 bits per heavy atom. The van der Waals surface area contributed by atoms with Crippen LogP contribution in [0.4, 0.5) is 4.39 Å². The molecule has 1 unspecified atom stereocenters. The summed E-state index contributed by atoms with van der Waals surface area (Å²) in [4.78, 5) is 0. The molecular weight excluding hydrogens is 253 g/mol. The van der Waals surface area contributed by atoms with Gasteiger partial charge in [-0.15, -0.1) is 0 Å². The lowest BCUT2D eigenvalue weighted by Gasteiger charge is -2.14. The van der Waals surface area contributed by atoms with Crippen LogP contribution in [0, 0.1) is 26.6 Å². The summed E-state index contributed by atoms with van der Waals surface area (Å²) in [6, 6.07) is 4.90. The average molecular weight is 275 g/mol. The molecule has 0 bridgehead atoms. The minimum atomic E-state index is -0.196. The molecule has 3 nitrogen and oxygen atoms in total. The number of nitrogens with two attached hydrogens (primary N) is 1. The molecule has 0 aliphatic rings. The monoisotopic (exact) mass is 275 g/mol. The molecule has 108 valence electrons. The van der Waals surface area contributed by atoms with E-state index in [2.05, 4.69) is 12.0 Å². The smallest absolute Gasteiger partial charge is 0.123 e. The summed E-state index contributed by atoms with van der Waals surface area (Å²) >= 11 is 0. The Labute approximate surface area is 119 Å². The number of hydrogen-bond acceptors (Lipinski definition) is 2. The van der Waals surface area contributed by atoms with Crippen molar-refractivity contribution < 1.29 is 4.39 Å². The predicted octanol–water partition coefficient (Wildman–Crippen LogP) is 2.60. The fourth-order valence-electron chi connectivity index (χ4n) is 2.62. The molecule has 0 amide bonds. The van der Waals surface area contributed by atoms with Crippen LogP contribution < -0.4 is 5.73 Å². The van der Waals surface area contributed by atoms with Crippen molar-refractivity contribution >= 4 is 0 Å². The standard InChI is InChI=1S/C16H22FN3/c1-10-7-14(17)6-5-13(10)8-15(18)9-16-11(2)19-20(4)12(16)3/h5-7,15H,8-9,18H2,1-4H3. The molecule has 0 spiro atoms. The van der Waals surface area contributed by atoms with Gasteiger partial charge < -0.3 is 5.73 Å². The fraction of sp³-hybridized carbons (Fsp3) is 0.438. The minimum absolute atomic E-state index is 0.0146. The highest BCUT2D eigenvalue weighted by Gasteiger charge is 2.14. The summed E-state index contributed by atoms with van der Waals surface area (Å²) in [5.74, 6) is -0.196. The summed E-state index contributed by atoms with van der Waals surface area (Å²) in [5.41, 5.74) is 11.7. The Kier molecular flexibility index (Phi) is 4.23. The Morgan fingerprint density at radius 2 is 1.95 bits per heavy atom. The lowest BCUT2D eigenvalue weighted by atomic mass is 9.96. The highest BCUT2D eigenvalue weighted by Crippen LogP contribution is 2.17. The van der Waals surface area contributed by atoms with E-state index >= 15 is 0 Å². The largest absolute Gasteiger partial charge is 0.327 e. The second kappa shape index (κ2) is 5.75. The van der Waals surface area contributed by atoms with Crippen LogP contribution >= 0.6 is 0 Å². The van der Waals surface area contributed by atoms with Crippen molar-refractivity contribution in [3.63, 3.8) is 0 Å². The molecule has 2 N–H and O–H groups in total. The van der Waals surface area contributed by atoms with Crippen LogP contribution in [-0.4, -0.2) is 15.8 Å². The second-order valence-electron chi connectivity index (χ2n) is 5.51. The Bertz CT molecular complexity index is 616. The summed E-state index contributed by atoms with van der Waals surface area (Å²) < 4.78 is 15.0. The molecule has 0 aliphatic carbocycles. The van der Waals surface area contributed by atoms with E-state index in [4.69, 9.17) is 5.73 Å². The first-order chi connectivity index (χ1) is 9.38. The molecule has 1 heterocycles. The van der Waals surface area contributed by atoms with Crippen molar-refractivity contribution in [2.75, 3.05) is 0 Å². The minimum Gasteiger partial charge on any atom is -0.327 e. The molecule has 0 fully saturated rings. The van der Waals surface area contributed by atoms with Crippen molar-refractivity contribution in [2.45, 2.75) is 39.7 Å². The van der Waals surface area contributed by atoms with Gasteiger partial charge in [0.1, 0.15) is 5.82 Å². The molecule has 20 heavy (non-hydrogen) atoms. The van der Waals surface area contributed by atoms with Crippen LogP contribution in [0.5, 0.6) is 0 Å². The average Bonchev–Trinajstić information content (AvgIpc) is 2.60. The van der Waals surface area contributed by atoms with Gasteiger partial charge in [-0.25, -0.2) is 4.39 Å². The van der Waals surface area contributed by atoms with Gasteiger partial charge in [-0.05, 0) is 62.4 Å². The number of aryl methyl sites for hydroxylation is 3. The van der Waals surface area contributed by atoms with Gasteiger partial charge in [-0.3, -0.25) is 4.68 Å². The van der Waals surface area contributed by atoms with Crippen LogP contribution in [-0.2, 0) is 19.9 Å². The van der Waals surface area contributed by atoms with Crippen LogP contribution in [0.15, 0.2) is 18.2 Å². The molecule has 0 radical (unpaired) electrons. The first-order valence-electron chi connectivity index (χ1n) is 6.88. The van der Waals surface area contributed by atoms with E-state index in [9.17, 15) is 4.39 Å². The van der Waals surface area contributed by atoms with Gasteiger partial charge in [-0.1, -0.05) is 6.07 Å². The molecule has 0 aliphatic heterocycles. The second-order valence-corrected chi connectivity index (χ2v) is 5.51. The summed E-state index contributed by atoms with van der Waals surface area (Å²) in [7, 11) is 1.95. The summed E-state index contributed by atoms with van der Waals surface area (Å²) in [6.45, 7) is 6.00. The van der Waals surface area contributed by atoms with Gasteiger partial charge in [0, 0.05) is 18.8 Å². The number of halogens is 1. The number of hydrogen-bond donors (Lipinski definition) is 1. The molecule has 1 aromatic carbocycles. The number of rotatable bonds is 4. The van der Waals surface area contributed by atoms with E-state index in [1.165, 1.54) is 11.6 Å². The summed E-state index contributed by atoms with van der Waals surface area (Å²) in [6.07, 6.45) is 1.54. The van der Waals surface area contributed by atoms with Crippen LogP contribution in [0.2, 0.25) is 0 Å². The lowest BCUT2D eigenvalue weighted by Crippen LogP contribution is -2.26. The molecular formula is C16H22FN3. The van der Waals surface area contributed by atoms with Crippen molar-refractivity contribution in [1.82, 2.24) is 9.78 Å². The van der Waals surface area contributed by atoms with Crippen molar-refractivity contribution in [3.8, 4) is 0 Å². The zero-order chi connectivity index (χ0) is 14.9. The zero-order valence-corrected chi connectivity index (χ0v) is 12.6. The van der Waals surface area contributed by atoms with E-state index in [0.717, 1.165) is 35.4 Å². The Hall–Kier alpha value is -1.68. The maximum absolute atomic E-state index is 13.1. The fourth-order valence-corrected chi connectivity index (χ4v) is 2.62. The first kappa shape index (κ1) is 14.7. The van der Waals surface area contributed by atoms with E-state index in [0.29, 0.717) is 0 Å². The first-order valence-corrected chi connectivity index (χ1v) is 6.88. The van der Waals surface area contributed by atoms with E-state index in [-0.39, 0.29) is 11.9 Å². The van der Waals surface area contributed by atoms with Crippen LogP contribution in [0.25, 0.3) is 0 Å². The summed E-state index contributed by atoms with van der Waals surface area (Å²) in [5, 5.41) is 4.41. The van der Waals surface area contributed by atoms with Gasteiger partial charge in [0.2, 0.25) is 0 Å². The number of benzene rings is 1. The molecule has 4 heteroatoms. The predicted molar refractivity (Wildman–Crippen MR) is 79.2 cm³/mol. The van der Waals surface area contributed by atoms with E-state index in [1.807, 2.05) is 31.6 Å². The van der Waals surface area contributed by atoms with Gasteiger partial charge in [-0.2, -0.15) is 5.10 Å². The molecule has 0 saturated heterocycles. The third kappa shape index (κ3) is 3.07. The van der Waals surface area contributed by atoms with Crippen molar-refractivity contribution in [1.29, 1.82) is 0 Å². The van der Waals surface area contributed by atoms with Crippen molar-refractivity contribution in [2.24, 2.45) is 12.8 Å². The van der Waals surface area contributed by atoms with Gasteiger partial charge in [0.05, 0.1) is 5.69 Å². The van der Waals surface area contributed by atoms with Gasteiger partial charge in [0.15, 0.2) is 0 Å². The highest BCUT2D eigenvalue weighted by molar-refractivity contribution is 5.29. The number of nitrogens with zero attached hydrogens (tertiary/aromatic N) is 2. The highest BCUT2D eigenvalue weighted by atomic mass is 19.1. The molecule has 0 saturated carbocycles. The van der Waals surface area contributed by atoms with Crippen LogP contribution in [0.1, 0.15) is 28.1 Å². The Morgan fingerprint density at radius 1 is 1.25 bits per heavy atom. The van der Waals surface area contributed by atoms with Gasteiger partial charge >= 0.3 is 0 Å². The van der Waals surface area contributed by atoms with Crippen molar-refractivity contribution in [3.05, 3.63) is 52.1 Å². The third-order valence-corrected chi connectivity index (χ3v) is 3.91. The van der Waals surface area contributed by atoms with E-state index in [1.54, 1.807) is 6.07 Å². The normalized spacial score (nSPS) is 12.7. The lowest BCUT2D eigenvalue weighted by molar-refractivity contribution is 0.621. The van der Waals surface area contributed by atoms with Crippen LogP contribution in [0.3, 0.4) is 0 Å². The Balaban J connectivity index is 2.11. The zero-order valence-electron chi connectivity index (χ0n) is 12.6. The molecule has 1 atom stereocenters. The quantitative estimate of drug-likeness (QED) is 0.932. The molecule has 2 aromatic rings. The van der Waals surface area contributed by atoms with Gasteiger partial charge in [0.25, 0.3) is 0 Å². The van der Waals surface area contributed by atoms with E-state index < -0.39 is 0 Å². The third-order valence-electron chi connectivity index (χ3n) is 3.91. The SMILES string of the molecule is Cc1cc(F)ccc1CC(N)Cc1c(C)nn(C)c1C. The maximum Gasteiger partial charge on any atom is 0.123 e. The topological polar surface area (TPSA) is 43.8 Å². The number of aromatic nitrogens is 2.